The highest BCUT2D eigenvalue weighted by Crippen LogP contribution is 2.44. The predicted molar refractivity (Wildman–Crippen MR) is 116 cm³/mol. The lowest BCUT2D eigenvalue weighted by atomic mass is 9.98. The quantitative estimate of drug-likeness (QED) is 0.638. The first kappa shape index (κ1) is 21.8. The number of rotatable bonds is 6. The molecule has 0 radical (unpaired) electrons. The molecule has 2 aromatic carbocycles. The Morgan fingerprint density at radius 1 is 1.09 bits per heavy atom. The summed E-state index contributed by atoms with van der Waals surface area (Å²) in [6.45, 7) is 1.80. The molecular weight excluding hydrogens is 412 g/mol. The van der Waals surface area contributed by atoms with Gasteiger partial charge in [-0.25, -0.2) is 9.59 Å². The highest BCUT2D eigenvalue weighted by Gasteiger charge is 2.39. The van der Waals surface area contributed by atoms with Crippen LogP contribution in [0, 0.1) is 0 Å². The summed E-state index contributed by atoms with van der Waals surface area (Å²) in [6.07, 6.45) is -1.57. The Morgan fingerprint density at radius 2 is 1.69 bits per heavy atom. The van der Waals surface area contributed by atoms with E-state index in [2.05, 4.69) is 17.4 Å². The van der Waals surface area contributed by atoms with Gasteiger partial charge < -0.3 is 25.2 Å². The Labute approximate surface area is 185 Å². The third-order valence-corrected chi connectivity index (χ3v) is 6.07. The van der Waals surface area contributed by atoms with Crippen LogP contribution in [0.2, 0.25) is 0 Å². The van der Waals surface area contributed by atoms with Crippen LogP contribution in [-0.4, -0.2) is 64.4 Å². The van der Waals surface area contributed by atoms with Gasteiger partial charge in [0.1, 0.15) is 12.6 Å². The molecule has 2 aromatic rings. The third kappa shape index (κ3) is 4.31. The van der Waals surface area contributed by atoms with Crippen LogP contribution in [-0.2, 0) is 14.3 Å². The predicted octanol–water partition coefficient (Wildman–Crippen LogP) is 2.35. The Kier molecular flexibility index (Phi) is 6.14. The van der Waals surface area contributed by atoms with E-state index in [1.807, 2.05) is 36.4 Å². The van der Waals surface area contributed by atoms with Crippen LogP contribution < -0.4 is 5.32 Å². The van der Waals surface area contributed by atoms with Gasteiger partial charge in [-0.3, -0.25) is 4.79 Å². The second-order valence-electron chi connectivity index (χ2n) is 8.36. The number of nitrogens with zero attached hydrogens (tertiary/aromatic N) is 1. The van der Waals surface area contributed by atoms with Crippen molar-refractivity contribution in [3.63, 3.8) is 0 Å². The van der Waals surface area contributed by atoms with Crippen molar-refractivity contribution >= 4 is 18.0 Å². The Bertz CT molecular complexity index is 993. The van der Waals surface area contributed by atoms with Gasteiger partial charge in [0.2, 0.25) is 5.91 Å². The fourth-order valence-electron chi connectivity index (χ4n) is 4.60. The van der Waals surface area contributed by atoms with Crippen LogP contribution in [0.1, 0.15) is 36.8 Å². The minimum absolute atomic E-state index is 0.00919. The van der Waals surface area contributed by atoms with Crippen molar-refractivity contribution in [2.75, 3.05) is 13.2 Å². The van der Waals surface area contributed by atoms with Gasteiger partial charge in [-0.15, -0.1) is 0 Å². The number of aliphatic hydroxyl groups excluding tert-OH is 1. The van der Waals surface area contributed by atoms with Crippen LogP contribution in [0.15, 0.2) is 48.5 Å². The number of benzene rings is 2. The average molecular weight is 438 g/mol. The van der Waals surface area contributed by atoms with Gasteiger partial charge in [-0.05, 0) is 29.2 Å². The maximum absolute atomic E-state index is 12.5. The lowest BCUT2D eigenvalue weighted by molar-refractivity contribution is -0.148. The van der Waals surface area contributed by atoms with E-state index in [9.17, 15) is 24.6 Å². The van der Waals surface area contributed by atoms with Gasteiger partial charge in [0.05, 0.1) is 6.10 Å². The number of ether oxygens (including phenoxy) is 1. The summed E-state index contributed by atoms with van der Waals surface area (Å²) in [5, 5.41) is 21.6. The fourth-order valence-corrected chi connectivity index (χ4v) is 4.60. The number of likely N-dealkylation sites (tertiary alicyclic amines) is 1. The smallest absolute Gasteiger partial charge is 0.407 e. The molecule has 3 N–H and O–H groups in total. The molecule has 2 unspecified atom stereocenters. The number of carboxylic acid groups (broad SMARTS) is 1. The number of hydrogen-bond donors (Lipinski definition) is 3. The molecule has 0 spiro atoms. The topological polar surface area (TPSA) is 116 Å². The molecule has 1 heterocycles. The van der Waals surface area contributed by atoms with Crippen molar-refractivity contribution in [3.8, 4) is 11.1 Å². The molecule has 32 heavy (non-hydrogen) atoms. The van der Waals surface area contributed by atoms with Gasteiger partial charge in [0.25, 0.3) is 0 Å². The number of fused-ring (bicyclic) bond motifs is 3. The zero-order valence-electron chi connectivity index (χ0n) is 17.7. The van der Waals surface area contributed by atoms with Gasteiger partial charge in [-0.2, -0.15) is 0 Å². The molecule has 2 amide bonds. The van der Waals surface area contributed by atoms with E-state index < -0.39 is 36.2 Å². The minimum atomic E-state index is -1.15. The molecular formula is C24H26N2O6. The molecule has 1 saturated heterocycles. The van der Waals surface area contributed by atoms with Gasteiger partial charge in [0, 0.05) is 31.3 Å². The molecule has 0 bridgehead atoms. The molecule has 4 rings (SSSR count). The van der Waals surface area contributed by atoms with E-state index in [0.29, 0.717) is 0 Å². The molecule has 3 atom stereocenters. The van der Waals surface area contributed by atoms with E-state index >= 15 is 0 Å². The number of β-amino-alcohol motifs (C(OH)–C–C–N with tert-alkyl or cyclic N) is 1. The molecule has 8 nitrogen and oxygen atoms in total. The number of aliphatic hydroxyl groups is 1. The minimum Gasteiger partial charge on any atom is -0.480 e. The van der Waals surface area contributed by atoms with Crippen LogP contribution in [0.4, 0.5) is 4.79 Å². The Balaban J connectivity index is 1.33. The number of alkyl carbamates (subject to hydrolysis) is 1. The maximum Gasteiger partial charge on any atom is 0.407 e. The zero-order chi connectivity index (χ0) is 22.8. The normalized spacial score (nSPS) is 20.4. The van der Waals surface area contributed by atoms with Gasteiger partial charge in [0.15, 0.2) is 0 Å². The SMILES string of the molecule is C[C@H](CC(=O)N1CC(O)CC1C(=O)O)NC(=O)OCC1c2ccccc2-c2ccccc21. The Hall–Kier alpha value is -3.39. The molecule has 1 aliphatic heterocycles. The first-order valence-corrected chi connectivity index (χ1v) is 10.7. The van der Waals surface area contributed by atoms with E-state index in [4.69, 9.17) is 4.74 Å². The fraction of sp³-hybridized carbons (Fsp3) is 0.375. The largest absolute Gasteiger partial charge is 0.480 e. The standard InChI is InChI=1S/C24H26N2O6/c1-14(10-22(28)26-12-15(27)11-21(26)23(29)30)25-24(31)32-13-20-18-8-4-2-6-16(18)17-7-3-5-9-19(17)20/h2-9,14-15,20-21,27H,10-13H2,1H3,(H,25,31)(H,29,30)/t14-,15?,21?/m1/s1. The molecule has 168 valence electrons. The van der Waals surface area contributed by atoms with Gasteiger partial charge in [-0.1, -0.05) is 48.5 Å². The van der Waals surface area contributed by atoms with Crippen molar-refractivity contribution in [2.45, 2.75) is 43.9 Å². The second kappa shape index (κ2) is 9.00. The summed E-state index contributed by atoms with van der Waals surface area (Å²) in [6, 6.07) is 14.5. The molecule has 1 fully saturated rings. The lowest BCUT2D eigenvalue weighted by Crippen LogP contribution is -2.44. The first-order chi connectivity index (χ1) is 15.3. The molecule has 1 aliphatic carbocycles. The number of hydrogen-bond acceptors (Lipinski definition) is 5. The maximum atomic E-state index is 12.5. The molecule has 0 aromatic heterocycles. The van der Waals surface area contributed by atoms with Crippen molar-refractivity contribution in [1.29, 1.82) is 0 Å². The number of amides is 2. The highest BCUT2D eigenvalue weighted by atomic mass is 16.5. The number of carbonyl (C=O) groups excluding carboxylic acids is 2. The van der Waals surface area contributed by atoms with Crippen LogP contribution in [0.5, 0.6) is 0 Å². The number of carbonyl (C=O) groups is 3. The summed E-state index contributed by atoms with van der Waals surface area (Å²) < 4.78 is 5.48. The van der Waals surface area contributed by atoms with Crippen LogP contribution in [0.3, 0.4) is 0 Å². The number of aliphatic carboxylic acids is 1. The summed E-state index contributed by atoms with van der Waals surface area (Å²) in [5.41, 5.74) is 4.49. The van der Waals surface area contributed by atoms with Crippen molar-refractivity contribution in [3.05, 3.63) is 59.7 Å². The Morgan fingerprint density at radius 3 is 2.28 bits per heavy atom. The lowest BCUT2D eigenvalue weighted by Gasteiger charge is -2.23. The molecule has 8 heteroatoms. The summed E-state index contributed by atoms with van der Waals surface area (Å²) in [7, 11) is 0. The average Bonchev–Trinajstić information content (AvgIpc) is 3.31. The summed E-state index contributed by atoms with van der Waals surface area (Å²) >= 11 is 0. The first-order valence-electron chi connectivity index (χ1n) is 10.7. The van der Waals surface area contributed by atoms with E-state index in [0.717, 1.165) is 27.2 Å². The zero-order valence-corrected chi connectivity index (χ0v) is 17.7. The highest BCUT2D eigenvalue weighted by molar-refractivity contribution is 5.85. The monoisotopic (exact) mass is 438 g/mol. The van der Waals surface area contributed by atoms with E-state index in [-0.39, 0.29) is 31.9 Å². The number of nitrogens with one attached hydrogen (secondary N) is 1. The van der Waals surface area contributed by atoms with E-state index in [1.165, 1.54) is 0 Å². The second-order valence-corrected chi connectivity index (χ2v) is 8.36. The molecule has 2 aliphatic rings. The number of carboxylic acids is 1. The van der Waals surface area contributed by atoms with Gasteiger partial charge >= 0.3 is 12.1 Å². The van der Waals surface area contributed by atoms with Crippen LogP contribution in [0.25, 0.3) is 11.1 Å². The van der Waals surface area contributed by atoms with Crippen molar-refractivity contribution < 1.29 is 29.3 Å². The van der Waals surface area contributed by atoms with Crippen molar-refractivity contribution in [1.82, 2.24) is 10.2 Å². The molecule has 0 saturated carbocycles. The van der Waals surface area contributed by atoms with Crippen LogP contribution >= 0.6 is 0 Å². The van der Waals surface area contributed by atoms with E-state index in [1.54, 1.807) is 6.92 Å². The third-order valence-electron chi connectivity index (χ3n) is 6.07. The summed E-state index contributed by atoms with van der Waals surface area (Å²) in [5.74, 6) is -1.64. The van der Waals surface area contributed by atoms with Crippen molar-refractivity contribution in [2.24, 2.45) is 0 Å². The summed E-state index contributed by atoms with van der Waals surface area (Å²) in [4.78, 5) is 37.3.